The van der Waals surface area contributed by atoms with E-state index in [0.717, 1.165) is 11.3 Å². The van der Waals surface area contributed by atoms with Gasteiger partial charge in [-0.15, -0.1) is 11.3 Å². The summed E-state index contributed by atoms with van der Waals surface area (Å²) in [6.07, 6.45) is 4.16. The molecule has 0 aliphatic heterocycles. The second kappa shape index (κ2) is 8.91. The molecule has 180 valence electrons. The van der Waals surface area contributed by atoms with E-state index in [9.17, 15) is 13.2 Å². The van der Waals surface area contributed by atoms with Crippen LogP contribution in [-0.2, 0) is 15.4 Å². The molecule has 3 aromatic rings. The topological polar surface area (TPSA) is 137 Å². The lowest BCUT2D eigenvalue weighted by atomic mass is 9.77. The van der Waals surface area contributed by atoms with E-state index in [1.807, 2.05) is 6.92 Å². The Balaban J connectivity index is 1.82. The standard InChI is InChI=1S/C22H24FN5O4S2/c1-4-32-17-10-25-9-15(26-17)13-7-8-14(20(24)29)19(23)18(13)22(2,3)16-11-33-21(27-16)28-34(30,31)12-5-6-12/h7-12H,4-6H2,1-3H3,(H2,24,29)(H,27,28). The molecule has 12 heteroatoms. The summed E-state index contributed by atoms with van der Waals surface area (Å²) < 4.78 is 48.3. The number of sulfonamides is 1. The van der Waals surface area contributed by atoms with Crippen LogP contribution in [0.2, 0.25) is 0 Å². The Hall–Kier alpha value is -3.12. The third-order valence-corrected chi connectivity index (χ3v) is 8.26. The molecule has 9 nitrogen and oxygen atoms in total. The van der Waals surface area contributed by atoms with Gasteiger partial charge in [0.15, 0.2) is 5.13 Å². The van der Waals surface area contributed by atoms with E-state index in [1.54, 1.807) is 25.3 Å². The number of nitrogens with zero attached hydrogens (tertiary/aromatic N) is 3. The first kappa shape index (κ1) is 24.0. The molecule has 0 radical (unpaired) electrons. The number of ether oxygens (including phenoxy) is 1. The molecule has 1 fully saturated rings. The van der Waals surface area contributed by atoms with Crippen LogP contribution in [0.3, 0.4) is 0 Å². The molecule has 1 aliphatic carbocycles. The molecule has 3 N–H and O–H groups in total. The maximum Gasteiger partial charge on any atom is 0.251 e. The number of hydrogen-bond acceptors (Lipinski definition) is 8. The minimum Gasteiger partial charge on any atom is -0.477 e. The fraction of sp³-hybridized carbons (Fsp3) is 0.364. The molecule has 1 aromatic carbocycles. The summed E-state index contributed by atoms with van der Waals surface area (Å²) in [6, 6.07) is 2.86. The second-order valence-corrected chi connectivity index (χ2v) is 11.2. The van der Waals surface area contributed by atoms with Crippen LogP contribution in [0.25, 0.3) is 11.3 Å². The molecule has 0 bridgehead atoms. The van der Waals surface area contributed by atoms with Crippen LogP contribution in [0.5, 0.6) is 5.88 Å². The van der Waals surface area contributed by atoms with E-state index in [1.165, 1.54) is 18.5 Å². The number of thiazole rings is 1. The Morgan fingerprint density at radius 1 is 1.29 bits per heavy atom. The number of nitrogens with one attached hydrogen (secondary N) is 1. The summed E-state index contributed by atoms with van der Waals surface area (Å²) in [5.41, 5.74) is 5.32. The number of aromatic nitrogens is 3. The van der Waals surface area contributed by atoms with Gasteiger partial charge in [-0.1, -0.05) is 6.07 Å². The number of halogens is 1. The van der Waals surface area contributed by atoms with Crippen molar-refractivity contribution in [2.24, 2.45) is 5.73 Å². The number of nitrogens with two attached hydrogens (primary N) is 1. The maximum atomic E-state index is 15.8. The van der Waals surface area contributed by atoms with E-state index in [4.69, 9.17) is 10.5 Å². The Bertz CT molecular complexity index is 1350. The van der Waals surface area contributed by atoms with Crippen molar-refractivity contribution in [2.45, 2.75) is 44.3 Å². The van der Waals surface area contributed by atoms with Gasteiger partial charge in [0.05, 0.1) is 41.2 Å². The number of primary amides is 1. The highest BCUT2D eigenvalue weighted by Crippen LogP contribution is 2.41. The average Bonchev–Trinajstić information content (AvgIpc) is 3.54. The van der Waals surface area contributed by atoms with Crippen molar-refractivity contribution in [3.05, 3.63) is 52.5 Å². The molecule has 0 unspecified atom stereocenters. The smallest absolute Gasteiger partial charge is 0.251 e. The monoisotopic (exact) mass is 505 g/mol. The van der Waals surface area contributed by atoms with Gasteiger partial charge in [-0.2, -0.15) is 0 Å². The molecule has 2 aromatic heterocycles. The SMILES string of the molecule is CCOc1cncc(-c2ccc(C(N)=O)c(F)c2C(C)(C)c2csc(NS(=O)(=O)C3CC3)n2)n1. The molecule has 1 aliphatic rings. The zero-order chi connectivity index (χ0) is 24.7. The Morgan fingerprint density at radius 2 is 2.03 bits per heavy atom. The van der Waals surface area contributed by atoms with Crippen molar-refractivity contribution in [1.82, 2.24) is 15.0 Å². The second-order valence-electron chi connectivity index (χ2n) is 8.40. The van der Waals surface area contributed by atoms with E-state index in [-0.39, 0.29) is 22.1 Å². The molecule has 2 heterocycles. The third-order valence-electron chi connectivity index (χ3n) is 5.55. The lowest BCUT2D eigenvalue weighted by Crippen LogP contribution is -2.25. The number of benzene rings is 1. The normalized spacial score (nSPS) is 14.1. The van der Waals surface area contributed by atoms with Crippen LogP contribution in [0.4, 0.5) is 9.52 Å². The molecule has 0 spiro atoms. The van der Waals surface area contributed by atoms with Gasteiger partial charge in [0, 0.05) is 21.9 Å². The number of rotatable bonds is 9. The quantitative estimate of drug-likeness (QED) is 0.454. The zero-order valence-corrected chi connectivity index (χ0v) is 20.5. The van der Waals surface area contributed by atoms with Crippen LogP contribution in [0.15, 0.2) is 29.9 Å². The van der Waals surface area contributed by atoms with Crippen LogP contribution < -0.4 is 15.2 Å². The molecule has 4 rings (SSSR count). The lowest BCUT2D eigenvalue weighted by molar-refractivity contribution is 0.0996. The molecule has 1 amide bonds. The Labute approximate surface area is 200 Å². The molecule has 34 heavy (non-hydrogen) atoms. The van der Waals surface area contributed by atoms with Gasteiger partial charge in [0.1, 0.15) is 5.82 Å². The van der Waals surface area contributed by atoms with Gasteiger partial charge in [-0.25, -0.2) is 22.8 Å². The fourth-order valence-corrected chi connectivity index (χ4v) is 6.08. The van der Waals surface area contributed by atoms with Crippen molar-refractivity contribution in [1.29, 1.82) is 0 Å². The summed E-state index contributed by atoms with van der Waals surface area (Å²) in [4.78, 5) is 24.9. The van der Waals surface area contributed by atoms with Gasteiger partial charge in [0.25, 0.3) is 5.91 Å². The van der Waals surface area contributed by atoms with Gasteiger partial charge in [-0.3, -0.25) is 14.5 Å². The predicted octanol–water partition coefficient (Wildman–Crippen LogP) is 3.47. The highest BCUT2D eigenvalue weighted by Gasteiger charge is 2.38. The van der Waals surface area contributed by atoms with Gasteiger partial charge in [-0.05, 0) is 39.7 Å². The number of carbonyl (C=O) groups is 1. The van der Waals surface area contributed by atoms with Crippen LogP contribution >= 0.6 is 11.3 Å². The zero-order valence-electron chi connectivity index (χ0n) is 18.8. The maximum absolute atomic E-state index is 15.8. The van der Waals surface area contributed by atoms with Crippen molar-refractivity contribution < 1.29 is 22.3 Å². The number of anilines is 1. The van der Waals surface area contributed by atoms with Crippen LogP contribution in [-0.4, -0.2) is 41.1 Å². The summed E-state index contributed by atoms with van der Waals surface area (Å²) in [7, 11) is -3.49. The number of hydrogen-bond donors (Lipinski definition) is 2. The molecule has 0 atom stereocenters. The fourth-order valence-electron chi connectivity index (χ4n) is 3.61. The molecular formula is C22H24FN5O4S2. The van der Waals surface area contributed by atoms with Crippen LogP contribution in [0, 0.1) is 5.82 Å². The van der Waals surface area contributed by atoms with E-state index < -0.39 is 32.4 Å². The summed E-state index contributed by atoms with van der Waals surface area (Å²) in [6.45, 7) is 5.65. The van der Waals surface area contributed by atoms with E-state index in [2.05, 4.69) is 19.7 Å². The van der Waals surface area contributed by atoms with Gasteiger partial charge >= 0.3 is 0 Å². The highest BCUT2D eigenvalue weighted by molar-refractivity contribution is 7.93. The first-order chi connectivity index (χ1) is 16.0. The summed E-state index contributed by atoms with van der Waals surface area (Å²) in [5, 5.41) is 1.45. The summed E-state index contributed by atoms with van der Waals surface area (Å²) >= 11 is 1.11. The number of carbonyl (C=O) groups excluding carboxylic acids is 1. The van der Waals surface area contributed by atoms with E-state index in [0.29, 0.717) is 36.4 Å². The Morgan fingerprint density at radius 3 is 2.68 bits per heavy atom. The van der Waals surface area contributed by atoms with Crippen molar-refractivity contribution in [3.8, 4) is 17.1 Å². The van der Waals surface area contributed by atoms with Crippen molar-refractivity contribution in [2.75, 3.05) is 11.3 Å². The van der Waals surface area contributed by atoms with Crippen molar-refractivity contribution in [3.63, 3.8) is 0 Å². The molecular weight excluding hydrogens is 481 g/mol. The van der Waals surface area contributed by atoms with Crippen LogP contribution in [0.1, 0.15) is 55.2 Å². The first-order valence-corrected chi connectivity index (χ1v) is 13.0. The van der Waals surface area contributed by atoms with Crippen molar-refractivity contribution >= 4 is 32.4 Å². The predicted molar refractivity (Wildman–Crippen MR) is 127 cm³/mol. The summed E-state index contributed by atoms with van der Waals surface area (Å²) in [5.74, 6) is -1.44. The van der Waals surface area contributed by atoms with Gasteiger partial charge < -0.3 is 10.5 Å². The highest BCUT2D eigenvalue weighted by atomic mass is 32.2. The minimum absolute atomic E-state index is 0.133. The first-order valence-electron chi connectivity index (χ1n) is 10.6. The largest absolute Gasteiger partial charge is 0.477 e. The average molecular weight is 506 g/mol. The molecule has 0 saturated heterocycles. The minimum atomic E-state index is -3.49. The van der Waals surface area contributed by atoms with E-state index >= 15 is 4.39 Å². The third kappa shape index (κ3) is 4.60. The Kier molecular flexibility index (Phi) is 6.30. The number of amides is 1. The molecule has 1 saturated carbocycles. The van der Waals surface area contributed by atoms with Gasteiger partial charge in [0.2, 0.25) is 15.9 Å². The lowest BCUT2D eigenvalue weighted by Gasteiger charge is -2.27.